The number of hydrogen-bond donors (Lipinski definition) is 0. The van der Waals surface area contributed by atoms with E-state index in [0.717, 1.165) is 58.8 Å². The molecule has 1 spiro atoms. The van der Waals surface area contributed by atoms with Gasteiger partial charge in [0.25, 0.3) is 0 Å². The smallest absolute Gasteiger partial charge is 0.0741 e. The Bertz CT molecular complexity index is 491. The average Bonchev–Trinajstić information content (AvgIpc) is 2.63. The van der Waals surface area contributed by atoms with Gasteiger partial charge < -0.3 is 14.4 Å². The van der Waals surface area contributed by atoms with Crippen molar-refractivity contribution in [2.45, 2.75) is 37.3 Å². The molecule has 0 bridgehead atoms. The highest BCUT2D eigenvalue weighted by atomic mass is 16.5. The molecule has 0 aromatic carbocycles. The molecule has 3 aliphatic rings. The van der Waals surface area contributed by atoms with Crippen LogP contribution in [-0.4, -0.2) is 67.5 Å². The first-order chi connectivity index (χ1) is 11.3. The monoisotopic (exact) mass is 317 g/mol. The van der Waals surface area contributed by atoms with E-state index in [0.29, 0.717) is 6.04 Å². The van der Waals surface area contributed by atoms with Crippen LogP contribution in [0, 0.1) is 0 Å². The number of hydrogen-bond acceptors (Lipinski definition) is 5. The van der Waals surface area contributed by atoms with E-state index >= 15 is 0 Å². The molecule has 0 saturated carbocycles. The Morgan fingerprint density at radius 2 is 1.74 bits per heavy atom. The van der Waals surface area contributed by atoms with Gasteiger partial charge in [0.05, 0.1) is 5.60 Å². The van der Waals surface area contributed by atoms with Gasteiger partial charge in [0.15, 0.2) is 0 Å². The minimum atomic E-state index is 0.101. The summed E-state index contributed by atoms with van der Waals surface area (Å²) in [6.07, 6.45) is 8.27. The van der Waals surface area contributed by atoms with Crippen molar-refractivity contribution in [2.24, 2.45) is 0 Å². The quantitative estimate of drug-likeness (QED) is 0.833. The fraction of sp³-hybridized carbons (Fsp3) is 0.722. The largest absolute Gasteiger partial charge is 0.381 e. The average molecular weight is 317 g/mol. The topological polar surface area (TPSA) is 37.8 Å². The minimum absolute atomic E-state index is 0.101. The first-order valence-corrected chi connectivity index (χ1v) is 8.95. The Labute approximate surface area is 138 Å². The second-order valence-electron chi connectivity index (χ2n) is 7.02. The van der Waals surface area contributed by atoms with Crippen molar-refractivity contribution in [3.63, 3.8) is 0 Å². The highest BCUT2D eigenvalue weighted by molar-refractivity contribution is 5.44. The van der Waals surface area contributed by atoms with Gasteiger partial charge in [0.1, 0.15) is 0 Å². The third-order valence-corrected chi connectivity index (χ3v) is 5.73. The minimum Gasteiger partial charge on any atom is -0.381 e. The molecule has 1 aromatic rings. The Balaban J connectivity index is 1.35. The molecule has 4 heterocycles. The fourth-order valence-electron chi connectivity index (χ4n) is 4.31. The normalized spacial score (nSPS) is 28.9. The van der Waals surface area contributed by atoms with Crippen molar-refractivity contribution >= 4 is 5.69 Å². The van der Waals surface area contributed by atoms with Crippen LogP contribution in [0.1, 0.15) is 25.7 Å². The molecule has 1 aromatic heterocycles. The van der Waals surface area contributed by atoms with E-state index in [1.165, 1.54) is 18.5 Å². The molecule has 23 heavy (non-hydrogen) atoms. The molecule has 3 saturated heterocycles. The van der Waals surface area contributed by atoms with Gasteiger partial charge in [-0.15, -0.1) is 0 Å². The third kappa shape index (κ3) is 3.37. The van der Waals surface area contributed by atoms with Crippen molar-refractivity contribution in [3.8, 4) is 0 Å². The summed E-state index contributed by atoms with van der Waals surface area (Å²) in [5.74, 6) is 0. The maximum atomic E-state index is 6.19. The number of nitrogens with zero attached hydrogens (tertiary/aromatic N) is 3. The number of piperazine rings is 1. The fourth-order valence-corrected chi connectivity index (χ4v) is 4.31. The van der Waals surface area contributed by atoms with E-state index in [-0.39, 0.29) is 5.60 Å². The summed E-state index contributed by atoms with van der Waals surface area (Å²) >= 11 is 0. The number of rotatable bonds is 2. The zero-order valence-corrected chi connectivity index (χ0v) is 13.8. The van der Waals surface area contributed by atoms with Crippen LogP contribution in [0.3, 0.4) is 0 Å². The van der Waals surface area contributed by atoms with E-state index in [1.54, 1.807) is 0 Å². The molecule has 1 atom stereocenters. The molecule has 0 N–H and O–H groups in total. The summed E-state index contributed by atoms with van der Waals surface area (Å²) in [5, 5.41) is 0. The Morgan fingerprint density at radius 3 is 2.48 bits per heavy atom. The highest BCUT2D eigenvalue weighted by Gasteiger charge is 2.41. The van der Waals surface area contributed by atoms with Crippen LogP contribution in [0.2, 0.25) is 0 Å². The first-order valence-electron chi connectivity index (χ1n) is 8.95. The molecule has 0 amide bonds. The molecule has 5 heteroatoms. The van der Waals surface area contributed by atoms with E-state index in [4.69, 9.17) is 9.47 Å². The van der Waals surface area contributed by atoms with E-state index in [1.807, 2.05) is 12.4 Å². The maximum Gasteiger partial charge on any atom is 0.0741 e. The van der Waals surface area contributed by atoms with Gasteiger partial charge in [-0.3, -0.25) is 9.88 Å². The van der Waals surface area contributed by atoms with Crippen LogP contribution in [0.5, 0.6) is 0 Å². The van der Waals surface area contributed by atoms with Crippen molar-refractivity contribution in [1.82, 2.24) is 9.88 Å². The molecule has 1 unspecified atom stereocenters. The standard InChI is InChI=1S/C18H27N3O2/c1-6-19-7-2-16(1)20-8-10-21(11-9-20)17-3-12-23-18(15-17)4-13-22-14-5-18/h1-2,6-7,17H,3-5,8-15H2. The van der Waals surface area contributed by atoms with Gasteiger partial charge in [0, 0.05) is 70.1 Å². The van der Waals surface area contributed by atoms with Gasteiger partial charge in [-0.1, -0.05) is 0 Å². The predicted molar refractivity (Wildman–Crippen MR) is 89.8 cm³/mol. The van der Waals surface area contributed by atoms with Crippen molar-refractivity contribution in [1.29, 1.82) is 0 Å². The summed E-state index contributed by atoms with van der Waals surface area (Å²) in [5.41, 5.74) is 1.40. The Morgan fingerprint density at radius 1 is 1.00 bits per heavy atom. The van der Waals surface area contributed by atoms with Gasteiger partial charge >= 0.3 is 0 Å². The number of ether oxygens (including phenoxy) is 2. The van der Waals surface area contributed by atoms with Crippen molar-refractivity contribution in [3.05, 3.63) is 24.5 Å². The summed E-state index contributed by atoms with van der Waals surface area (Å²) in [6.45, 7) is 7.16. The summed E-state index contributed by atoms with van der Waals surface area (Å²) in [6, 6.07) is 4.91. The molecule has 3 aliphatic heterocycles. The number of aromatic nitrogens is 1. The lowest BCUT2D eigenvalue weighted by atomic mass is 9.83. The van der Waals surface area contributed by atoms with Crippen LogP contribution >= 0.6 is 0 Å². The number of anilines is 1. The summed E-state index contributed by atoms with van der Waals surface area (Å²) in [4.78, 5) is 9.28. The zero-order valence-electron chi connectivity index (χ0n) is 13.8. The highest BCUT2D eigenvalue weighted by Crippen LogP contribution is 2.36. The maximum absolute atomic E-state index is 6.19. The van der Waals surface area contributed by atoms with Gasteiger partial charge in [-0.2, -0.15) is 0 Å². The molecule has 126 valence electrons. The molecule has 4 rings (SSSR count). The second kappa shape index (κ2) is 6.75. The van der Waals surface area contributed by atoms with Crippen LogP contribution < -0.4 is 4.90 Å². The Hall–Kier alpha value is -1.17. The molecule has 0 radical (unpaired) electrons. The molecule has 5 nitrogen and oxygen atoms in total. The third-order valence-electron chi connectivity index (χ3n) is 5.73. The van der Waals surface area contributed by atoms with Gasteiger partial charge in [0.2, 0.25) is 0 Å². The SMILES string of the molecule is c1cc(N2CCN(C3CCOC4(CCOCC4)C3)CC2)ccn1. The second-order valence-corrected chi connectivity index (χ2v) is 7.02. The van der Waals surface area contributed by atoms with E-state index in [2.05, 4.69) is 26.9 Å². The van der Waals surface area contributed by atoms with Gasteiger partial charge in [-0.25, -0.2) is 0 Å². The van der Waals surface area contributed by atoms with Crippen molar-refractivity contribution in [2.75, 3.05) is 50.9 Å². The van der Waals surface area contributed by atoms with Crippen LogP contribution in [0.15, 0.2) is 24.5 Å². The molecule has 3 fully saturated rings. The lowest BCUT2D eigenvalue weighted by Gasteiger charge is -2.48. The van der Waals surface area contributed by atoms with Gasteiger partial charge in [-0.05, 0) is 37.8 Å². The van der Waals surface area contributed by atoms with Crippen molar-refractivity contribution < 1.29 is 9.47 Å². The summed E-state index contributed by atoms with van der Waals surface area (Å²) < 4.78 is 11.7. The molecule has 0 aliphatic carbocycles. The predicted octanol–water partition coefficient (Wildman–Crippen LogP) is 1.93. The summed E-state index contributed by atoms with van der Waals surface area (Å²) in [7, 11) is 0. The zero-order chi connectivity index (χ0) is 15.5. The Kier molecular flexibility index (Phi) is 4.51. The van der Waals surface area contributed by atoms with E-state index in [9.17, 15) is 0 Å². The number of pyridine rings is 1. The van der Waals surface area contributed by atoms with Crippen LogP contribution in [-0.2, 0) is 9.47 Å². The lowest BCUT2D eigenvalue weighted by Crippen LogP contribution is -2.56. The van der Waals surface area contributed by atoms with E-state index < -0.39 is 0 Å². The first kappa shape index (κ1) is 15.4. The molecular formula is C18H27N3O2. The lowest BCUT2D eigenvalue weighted by molar-refractivity contribution is -0.151. The van der Waals surface area contributed by atoms with Crippen LogP contribution in [0.4, 0.5) is 5.69 Å². The van der Waals surface area contributed by atoms with Crippen LogP contribution in [0.25, 0.3) is 0 Å². The molecular weight excluding hydrogens is 290 g/mol.